The van der Waals surface area contributed by atoms with E-state index in [1.54, 1.807) is 0 Å². The van der Waals surface area contributed by atoms with Crippen molar-refractivity contribution in [3.8, 4) is 0 Å². The highest BCUT2D eigenvalue weighted by Crippen LogP contribution is 2.47. The van der Waals surface area contributed by atoms with Gasteiger partial charge in [0.25, 0.3) is 0 Å². The Morgan fingerprint density at radius 2 is 1.33 bits per heavy atom. The van der Waals surface area contributed by atoms with Crippen LogP contribution in [0.3, 0.4) is 0 Å². The van der Waals surface area contributed by atoms with Crippen molar-refractivity contribution in [2.24, 2.45) is 0 Å². The highest BCUT2D eigenvalue weighted by atomic mass is 79.9. The van der Waals surface area contributed by atoms with Crippen LogP contribution in [-0.2, 0) is 53.7 Å². The summed E-state index contributed by atoms with van der Waals surface area (Å²) in [6, 6.07) is 20.1. The lowest BCUT2D eigenvalue weighted by molar-refractivity contribution is -0.165. The van der Waals surface area contributed by atoms with Crippen LogP contribution in [0.15, 0.2) is 60.7 Å². The number of alkyl halides is 1. The molecule has 0 aliphatic carbocycles. The van der Waals surface area contributed by atoms with Gasteiger partial charge in [0, 0.05) is 22.6 Å². The van der Waals surface area contributed by atoms with Gasteiger partial charge >= 0.3 is 23.9 Å². The van der Waals surface area contributed by atoms with E-state index in [4.69, 9.17) is 19.3 Å². The van der Waals surface area contributed by atoms with Crippen molar-refractivity contribution >= 4 is 39.8 Å². The molecule has 0 saturated carbocycles. The maximum Gasteiger partial charge on any atom is 0.338 e. The third-order valence-corrected chi connectivity index (χ3v) is 9.23. The third kappa shape index (κ3) is 10.1. The van der Waals surface area contributed by atoms with Crippen molar-refractivity contribution in [1.82, 2.24) is 0 Å². The summed E-state index contributed by atoms with van der Waals surface area (Å²) in [6.07, 6.45) is 3.01. The van der Waals surface area contributed by atoms with E-state index in [0.717, 1.165) is 18.4 Å². The average Bonchev–Trinajstić information content (AvgIpc) is 3.73. The zero-order chi connectivity index (χ0) is 34.2. The minimum Gasteiger partial charge on any atom is -0.479 e. The van der Waals surface area contributed by atoms with Gasteiger partial charge in [0.05, 0.1) is 41.0 Å². The van der Waals surface area contributed by atoms with Crippen molar-refractivity contribution < 1.29 is 48.0 Å². The number of benzene rings is 2. The molecule has 0 spiro atoms. The van der Waals surface area contributed by atoms with Crippen molar-refractivity contribution in [2.75, 3.05) is 39.9 Å². The highest BCUT2D eigenvalue weighted by molar-refractivity contribution is 9.09. The minimum absolute atomic E-state index is 0.121. The van der Waals surface area contributed by atoms with Crippen LogP contribution in [0.25, 0.3) is 0 Å². The fourth-order valence-electron chi connectivity index (χ4n) is 5.83. The first kappa shape index (κ1) is 38.9. The van der Waals surface area contributed by atoms with E-state index >= 15 is 0 Å². The van der Waals surface area contributed by atoms with Crippen molar-refractivity contribution in [3.05, 3.63) is 71.8 Å². The van der Waals surface area contributed by atoms with Crippen LogP contribution < -0.4 is 0 Å². The molecule has 2 fully saturated rings. The Morgan fingerprint density at radius 1 is 0.804 bits per heavy atom. The third-order valence-electron chi connectivity index (χ3n) is 8.83. The lowest BCUT2D eigenvalue weighted by atomic mass is 9.72. The van der Waals surface area contributed by atoms with Crippen LogP contribution in [0.4, 0.5) is 0 Å². The molecular formula is C35H47BrO10. The Kier molecular flexibility index (Phi) is 15.9. The topological polar surface area (TPSA) is 135 Å². The lowest BCUT2D eigenvalue weighted by Gasteiger charge is -2.29. The number of carbonyl (C=O) groups excluding carboxylic acids is 3. The second-order valence-corrected chi connectivity index (χ2v) is 12.2. The number of methoxy groups -OCH3 is 3. The van der Waals surface area contributed by atoms with Gasteiger partial charge in [-0.25, -0.2) is 9.59 Å². The van der Waals surface area contributed by atoms with Gasteiger partial charge in [-0.05, 0) is 43.2 Å². The highest BCUT2D eigenvalue weighted by Gasteiger charge is 2.54. The van der Waals surface area contributed by atoms with Gasteiger partial charge < -0.3 is 28.8 Å². The number of halogens is 1. The Morgan fingerprint density at radius 3 is 1.74 bits per heavy atom. The number of ether oxygens (including phenoxy) is 5. The molecule has 0 amide bonds. The predicted molar refractivity (Wildman–Crippen MR) is 176 cm³/mol. The number of hydrogen-bond donors (Lipinski definition) is 1. The van der Waals surface area contributed by atoms with Gasteiger partial charge in [-0.15, -0.1) is 0 Å². The number of carboxylic acid groups (broad SMARTS) is 1. The molecule has 2 aromatic carbocycles. The Bertz CT molecular complexity index is 1260. The molecule has 1 N–H and O–H groups in total. The van der Waals surface area contributed by atoms with E-state index in [1.807, 2.05) is 36.4 Å². The molecule has 2 saturated heterocycles. The van der Waals surface area contributed by atoms with Crippen LogP contribution in [0, 0.1) is 0 Å². The largest absolute Gasteiger partial charge is 0.479 e. The maximum atomic E-state index is 12.4. The molecule has 4 unspecified atom stereocenters. The number of esters is 3. The standard InChI is InChI=1S/C18H24O5.C13H16O3.C4H7BrO2/c1-4-17(14-8-6-5-7-9-14)12-18(23-13-17,16(20)22-3)11-10-15(19)21-2;1-2-13(10-6-4-3-5-7-10)8-11(12(14)15)16-9-13;1-7-4(6)2-3-5/h5-9H,4,10-13H2,1-3H3;3-7,11H,2,8-9H2,1H3,(H,14,15);2-3H2,1H3. The van der Waals surface area contributed by atoms with Gasteiger partial charge in [-0.2, -0.15) is 0 Å². The van der Waals surface area contributed by atoms with Gasteiger partial charge in [0.1, 0.15) is 0 Å². The van der Waals surface area contributed by atoms with Crippen LogP contribution >= 0.6 is 15.9 Å². The molecule has 2 aliphatic heterocycles. The first-order chi connectivity index (χ1) is 22.0. The van der Waals surface area contributed by atoms with E-state index in [-0.39, 0.29) is 35.6 Å². The summed E-state index contributed by atoms with van der Waals surface area (Å²) in [5.41, 5.74) is 0.873. The molecule has 46 heavy (non-hydrogen) atoms. The molecule has 10 nitrogen and oxygen atoms in total. The molecule has 0 bridgehead atoms. The molecule has 2 aliphatic rings. The number of carbonyl (C=O) groups is 4. The van der Waals surface area contributed by atoms with Crippen molar-refractivity contribution in [1.29, 1.82) is 0 Å². The molecule has 2 heterocycles. The van der Waals surface area contributed by atoms with E-state index in [0.29, 0.717) is 37.8 Å². The van der Waals surface area contributed by atoms with Gasteiger partial charge in [0.2, 0.25) is 0 Å². The second-order valence-electron chi connectivity index (χ2n) is 11.4. The monoisotopic (exact) mass is 706 g/mol. The fraction of sp³-hybridized carbons (Fsp3) is 0.543. The Hall–Kier alpha value is -3.28. The summed E-state index contributed by atoms with van der Waals surface area (Å²) in [5, 5.41) is 9.64. The van der Waals surface area contributed by atoms with Crippen LogP contribution in [0.1, 0.15) is 69.9 Å². The SMILES string of the molecule is CCC1(c2ccccc2)COC(C(=O)O)C1.CCC1(c2ccccc2)COC(CCC(=O)OC)(C(=O)OC)C1.COC(=O)CCBr. The number of rotatable bonds is 11. The van der Waals surface area contributed by atoms with Crippen LogP contribution in [0.2, 0.25) is 0 Å². The zero-order valence-electron chi connectivity index (χ0n) is 27.4. The smallest absolute Gasteiger partial charge is 0.338 e. The van der Waals surface area contributed by atoms with Gasteiger partial charge in [-0.3, -0.25) is 9.59 Å². The number of carboxylic acids is 1. The van der Waals surface area contributed by atoms with E-state index in [2.05, 4.69) is 63.5 Å². The summed E-state index contributed by atoms with van der Waals surface area (Å²) in [4.78, 5) is 44.9. The van der Waals surface area contributed by atoms with Crippen molar-refractivity contribution in [2.45, 2.75) is 81.3 Å². The molecule has 4 atom stereocenters. The molecule has 4 rings (SSSR count). The first-order valence-electron chi connectivity index (χ1n) is 15.4. The number of hydrogen-bond acceptors (Lipinski definition) is 9. The molecule has 2 aromatic rings. The summed E-state index contributed by atoms with van der Waals surface area (Å²) in [6.45, 7) is 5.11. The Balaban J connectivity index is 0.000000276. The van der Waals surface area contributed by atoms with Gasteiger partial charge in [-0.1, -0.05) is 90.4 Å². The van der Waals surface area contributed by atoms with Crippen LogP contribution in [-0.4, -0.2) is 80.6 Å². The molecule has 11 heteroatoms. The molecule has 254 valence electrons. The molecule has 0 radical (unpaired) electrons. The van der Waals surface area contributed by atoms with E-state index in [1.165, 1.54) is 26.9 Å². The quantitative estimate of drug-likeness (QED) is 0.174. The average molecular weight is 708 g/mol. The second kappa shape index (κ2) is 18.8. The van der Waals surface area contributed by atoms with Crippen LogP contribution in [0.5, 0.6) is 0 Å². The summed E-state index contributed by atoms with van der Waals surface area (Å²) in [5.74, 6) is -1.80. The van der Waals surface area contributed by atoms with E-state index in [9.17, 15) is 19.2 Å². The summed E-state index contributed by atoms with van der Waals surface area (Å²) >= 11 is 3.09. The Labute approximate surface area is 280 Å². The summed E-state index contributed by atoms with van der Waals surface area (Å²) < 4.78 is 25.3. The number of aliphatic carboxylic acids is 1. The fourth-order valence-corrected chi connectivity index (χ4v) is 6.16. The summed E-state index contributed by atoms with van der Waals surface area (Å²) in [7, 11) is 4.06. The molecule has 0 aromatic heterocycles. The normalized spacial score (nSPS) is 24.8. The predicted octanol–water partition coefficient (Wildman–Crippen LogP) is 5.77. The van der Waals surface area contributed by atoms with E-state index < -0.39 is 23.6 Å². The maximum absolute atomic E-state index is 12.4. The molecular weight excluding hydrogens is 660 g/mol. The minimum atomic E-state index is -1.09. The lowest BCUT2D eigenvalue weighted by Crippen LogP contribution is -2.41. The van der Waals surface area contributed by atoms with Gasteiger partial charge in [0.15, 0.2) is 11.7 Å². The first-order valence-corrected chi connectivity index (χ1v) is 16.5. The zero-order valence-corrected chi connectivity index (χ0v) is 29.0. The van der Waals surface area contributed by atoms with Crippen molar-refractivity contribution in [3.63, 3.8) is 0 Å².